The van der Waals surface area contributed by atoms with Gasteiger partial charge in [0.1, 0.15) is 5.78 Å². The largest absolute Gasteiger partial charge is 0.299 e. The third-order valence-corrected chi connectivity index (χ3v) is 9.30. The fraction of sp³-hybridized carbons (Fsp3) is 0.857. The van der Waals surface area contributed by atoms with E-state index in [4.69, 9.17) is 0 Å². The van der Waals surface area contributed by atoms with E-state index >= 15 is 0 Å². The summed E-state index contributed by atoms with van der Waals surface area (Å²) in [5.74, 6) is 3.72. The maximum atomic E-state index is 13.0. The van der Waals surface area contributed by atoms with Crippen molar-refractivity contribution in [2.75, 3.05) is 0 Å². The average Bonchev–Trinajstić information content (AvgIpc) is 3.10. The monoisotopic (exact) mass is 300 g/mol. The number of carbonyl (C=O) groups is 1. The summed E-state index contributed by atoms with van der Waals surface area (Å²) in [5.41, 5.74) is 0.896. The highest BCUT2D eigenvalue weighted by Crippen LogP contribution is 2.75. The molecule has 22 heavy (non-hydrogen) atoms. The van der Waals surface area contributed by atoms with Crippen molar-refractivity contribution in [1.82, 2.24) is 0 Å². The fourth-order valence-corrected chi connectivity index (χ4v) is 7.54. The van der Waals surface area contributed by atoms with Crippen LogP contribution in [0.4, 0.5) is 0 Å². The average molecular weight is 300 g/mol. The molecule has 0 aliphatic heterocycles. The predicted octanol–water partition coefficient (Wildman–Crippen LogP) is 5.26. The normalized spacial score (nSPS) is 60.0. The molecule has 0 aromatic heterocycles. The van der Waals surface area contributed by atoms with Crippen LogP contribution >= 0.6 is 0 Å². The zero-order chi connectivity index (χ0) is 15.9. The molecule has 0 N–H and O–H groups in total. The van der Waals surface area contributed by atoms with Crippen LogP contribution in [0.2, 0.25) is 0 Å². The summed E-state index contributed by atoms with van der Waals surface area (Å²) < 4.78 is 0. The molecule has 4 saturated carbocycles. The summed E-state index contributed by atoms with van der Waals surface area (Å²) in [6.45, 7) is 14.0. The molecule has 2 bridgehead atoms. The van der Waals surface area contributed by atoms with Crippen LogP contribution in [0.3, 0.4) is 0 Å². The number of carbonyl (C=O) groups excluding carboxylic acids is 1. The van der Waals surface area contributed by atoms with Crippen molar-refractivity contribution in [1.29, 1.82) is 0 Å². The number of rotatable bonds is 1. The quantitative estimate of drug-likeness (QED) is 0.604. The number of hydrogen-bond acceptors (Lipinski definition) is 1. The van der Waals surface area contributed by atoms with Gasteiger partial charge in [-0.3, -0.25) is 4.79 Å². The minimum atomic E-state index is 0.198. The van der Waals surface area contributed by atoms with E-state index in [9.17, 15) is 4.79 Å². The smallest absolute Gasteiger partial charge is 0.137 e. The first-order valence-corrected chi connectivity index (χ1v) is 9.48. The molecule has 4 aliphatic rings. The first-order valence-electron chi connectivity index (χ1n) is 9.48. The van der Waals surface area contributed by atoms with E-state index < -0.39 is 0 Å². The molecule has 0 heterocycles. The molecule has 0 aromatic rings. The van der Waals surface area contributed by atoms with E-state index in [1.807, 2.05) is 0 Å². The Morgan fingerprint density at radius 3 is 2.55 bits per heavy atom. The molecule has 1 heteroatoms. The van der Waals surface area contributed by atoms with Crippen molar-refractivity contribution in [3.8, 4) is 0 Å². The maximum absolute atomic E-state index is 13.0. The maximum Gasteiger partial charge on any atom is 0.137 e. The van der Waals surface area contributed by atoms with Crippen LogP contribution in [0.25, 0.3) is 0 Å². The van der Waals surface area contributed by atoms with Crippen molar-refractivity contribution < 1.29 is 4.79 Å². The highest BCUT2D eigenvalue weighted by molar-refractivity contribution is 5.85. The zero-order valence-corrected chi connectivity index (χ0v) is 14.8. The number of ketones is 1. The highest BCUT2D eigenvalue weighted by atomic mass is 16.1. The van der Waals surface area contributed by atoms with Gasteiger partial charge in [0, 0.05) is 12.3 Å². The van der Waals surface area contributed by atoms with Gasteiger partial charge in [-0.1, -0.05) is 33.8 Å². The second-order valence-corrected chi connectivity index (χ2v) is 9.58. The first kappa shape index (κ1) is 15.0. The molecule has 0 spiro atoms. The van der Waals surface area contributed by atoms with Crippen LogP contribution in [-0.2, 0) is 4.79 Å². The Balaban J connectivity index is 1.89. The van der Waals surface area contributed by atoms with E-state index in [0.717, 1.165) is 18.8 Å². The lowest BCUT2D eigenvalue weighted by molar-refractivity contribution is -0.150. The standard InChI is InChI=1S/C21H32O/c1-6-20-11-14(3)19(5)13(2)7-9-21(15(4)16(20)12-20)10-8-17(22)18(19)21/h6,13-16,18H,1,7-12H2,2-5H3/t13?,14-,15+,16+,18+,19+,20-,21+/m1/s1. The first-order chi connectivity index (χ1) is 10.3. The summed E-state index contributed by atoms with van der Waals surface area (Å²) in [4.78, 5) is 13.0. The molecule has 0 saturated heterocycles. The van der Waals surface area contributed by atoms with Gasteiger partial charge in [-0.05, 0) is 72.0 Å². The van der Waals surface area contributed by atoms with Crippen molar-refractivity contribution >= 4 is 5.78 Å². The van der Waals surface area contributed by atoms with E-state index in [0.29, 0.717) is 40.3 Å². The Morgan fingerprint density at radius 2 is 1.86 bits per heavy atom. The van der Waals surface area contributed by atoms with Gasteiger partial charge in [0.25, 0.3) is 0 Å². The van der Waals surface area contributed by atoms with Crippen molar-refractivity contribution in [2.45, 2.75) is 66.2 Å². The lowest BCUT2D eigenvalue weighted by Gasteiger charge is -2.59. The molecule has 1 unspecified atom stereocenters. The molecule has 4 fully saturated rings. The lowest BCUT2D eigenvalue weighted by Crippen LogP contribution is -2.56. The van der Waals surface area contributed by atoms with Gasteiger partial charge >= 0.3 is 0 Å². The Labute approximate surface area is 135 Å². The van der Waals surface area contributed by atoms with Crippen molar-refractivity contribution in [2.24, 2.45) is 45.8 Å². The number of fused-ring (bicyclic) bond motifs is 1. The van der Waals surface area contributed by atoms with Crippen LogP contribution in [0.5, 0.6) is 0 Å². The van der Waals surface area contributed by atoms with Gasteiger partial charge in [-0.15, -0.1) is 6.58 Å². The van der Waals surface area contributed by atoms with E-state index in [-0.39, 0.29) is 5.41 Å². The zero-order valence-electron chi connectivity index (χ0n) is 14.8. The summed E-state index contributed by atoms with van der Waals surface area (Å²) in [7, 11) is 0. The van der Waals surface area contributed by atoms with Crippen LogP contribution < -0.4 is 0 Å². The summed E-state index contributed by atoms with van der Waals surface area (Å²) in [6, 6.07) is 0. The predicted molar refractivity (Wildman–Crippen MR) is 90.4 cm³/mol. The van der Waals surface area contributed by atoms with E-state index in [1.54, 1.807) is 0 Å². The van der Waals surface area contributed by atoms with E-state index in [2.05, 4.69) is 40.3 Å². The third-order valence-electron chi connectivity index (χ3n) is 9.30. The second-order valence-electron chi connectivity index (χ2n) is 9.58. The Hall–Kier alpha value is -0.590. The molecule has 122 valence electrons. The van der Waals surface area contributed by atoms with Gasteiger partial charge in [-0.25, -0.2) is 0 Å². The SMILES string of the molecule is C=C[C@]12C[C@@H](C)[C@]3(C)C(C)CC[C@]4(CCC(=O)[C@H]43)[C@@H](C)[C@@H]1C2. The lowest BCUT2D eigenvalue weighted by atomic mass is 9.44. The Bertz CT molecular complexity index is 534. The van der Waals surface area contributed by atoms with Gasteiger partial charge < -0.3 is 0 Å². The van der Waals surface area contributed by atoms with Crippen molar-refractivity contribution in [3.05, 3.63) is 12.7 Å². The Morgan fingerprint density at radius 1 is 1.14 bits per heavy atom. The molecular formula is C21H32O. The molecule has 4 rings (SSSR count). The van der Waals surface area contributed by atoms with Crippen molar-refractivity contribution in [3.63, 3.8) is 0 Å². The molecule has 0 radical (unpaired) electrons. The molecule has 0 aromatic carbocycles. The minimum absolute atomic E-state index is 0.198. The molecule has 8 atom stereocenters. The van der Waals surface area contributed by atoms with E-state index in [1.165, 1.54) is 25.7 Å². The summed E-state index contributed by atoms with van der Waals surface area (Å²) in [6.07, 6.45) is 9.48. The second kappa shape index (κ2) is 4.28. The van der Waals surface area contributed by atoms with Crippen LogP contribution in [0.15, 0.2) is 12.7 Å². The molecular weight excluding hydrogens is 268 g/mol. The van der Waals surface area contributed by atoms with Crippen LogP contribution in [-0.4, -0.2) is 5.78 Å². The van der Waals surface area contributed by atoms with Gasteiger partial charge in [-0.2, -0.15) is 0 Å². The number of Topliss-reactive ketones (excluding diaryl/α,β-unsaturated/α-hetero) is 1. The van der Waals surface area contributed by atoms with Gasteiger partial charge in [0.2, 0.25) is 0 Å². The third kappa shape index (κ3) is 1.49. The Kier molecular flexibility index (Phi) is 2.91. The van der Waals surface area contributed by atoms with Crippen LogP contribution in [0.1, 0.15) is 66.2 Å². The van der Waals surface area contributed by atoms with Crippen LogP contribution in [0, 0.1) is 45.8 Å². The molecule has 4 aliphatic carbocycles. The summed E-state index contributed by atoms with van der Waals surface area (Å²) >= 11 is 0. The fourth-order valence-electron chi connectivity index (χ4n) is 7.54. The summed E-state index contributed by atoms with van der Waals surface area (Å²) in [5, 5.41) is 0. The topological polar surface area (TPSA) is 17.1 Å². The molecule has 0 amide bonds. The number of hydrogen-bond donors (Lipinski definition) is 0. The van der Waals surface area contributed by atoms with Gasteiger partial charge in [0.15, 0.2) is 0 Å². The highest BCUT2D eigenvalue weighted by Gasteiger charge is 2.70. The van der Waals surface area contributed by atoms with Gasteiger partial charge in [0.05, 0.1) is 0 Å². The number of allylic oxidation sites excluding steroid dienone is 1. The molecule has 1 nitrogen and oxygen atoms in total. The minimum Gasteiger partial charge on any atom is -0.299 e.